The first-order valence-electron chi connectivity index (χ1n) is 6.35. The van der Waals surface area contributed by atoms with Gasteiger partial charge in [0.25, 0.3) is 0 Å². The highest BCUT2D eigenvalue weighted by molar-refractivity contribution is 5.87. The van der Waals surface area contributed by atoms with E-state index >= 15 is 0 Å². The molecule has 6 heteroatoms. The van der Waals surface area contributed by atoms with Crippen LogP contribution in [0, 0.1) is 5.92 Å². The van der Waals surface area contributed by atoms with Crippen LogP contribution in [0.1, 0.15) is 33.1 Å². The number of hydrogen-bond donors (Lipinski definition) is 1. The van der Waals surface area contributed by atoms with Crippen LogP contribution in [0.2, 0.25) is 0 Å². The molecule has 0 aromatic carbocycles. The number of hydrogen-bond acceptors (Lipinski definition) is 4. The van der Waals surface area contributed by atoms with Gasteiger partial charge in [-0.2, -0.15) is 0 Å². The second-order valence-corrected chi connectivity index (χ2v) is 5.06. The fourth-order valence-corrected chi connectivity index (χ4v) is 1.54. The summed E-state index contributed by atoms with van der Waals surface area (Å²) < 4.78 is 4.65. The van der Waals surface area contributed by atoms with E-state index in [1.807, 2.05) is 13.8 Å². The minimum atomic E-state index is -0.646. The van der Waals surface area contributed by atoms with Crippen molar-refractivity contribution in [2.24, 2.45) is 5.92 Å². The molecule has 0 unspecified atom stereocenters. The van der Waals surface area contributed by atoms with Crippen LogP contribution in [-0.2, 0) is 19.1 Å². The lowest BCUT2D eigenvalue weighted by Crippen LogP contribution is -2.42. The summed E-state index contributed by atoms with van der Waals surface area (Å²) in [6.07, 6.45) is 0.719. The maximum Gasteiger partial charge on any atom is 0.328 e. The van der Waals surface area contributed by atoms with Crippen molar-refractivity contribution in [2.45, 2.75) is 39.2 Å². The molecule has 0 fully saturated rings. The molecule has 0 bridgehead atoms. The van der Waals surface area contributed by atoms with E-state index in [9.17, 15) is 14.4 Å². The van der Waals surface area contributed by atoms with Crippen LogP contribution in [0.4, 0.5) is 0 Å². The summed E-state index contributed by atoms with van der Waals surface area (Å²) in [6.45, 7) is 3.91. The van der Waals surface area contributed by atoms with Gasteiger partial charge in [0.05, 0.1) is 7.11 Å². The smallest absolute Gasteiger partial charge is 0.328 e. The number of nitrogens with zero attached hydrogens (tertiary/aromatic N) is 1. The Kier molecular flexibility index (Phi) is 7.79. The topological polar surface area (TPSA) is 75.7 Å². The largest absolute Gasteiger partial charge is 0.467 e. The third-order valence-electron chi connectivity index (χ3n) is 2.59. The van der Waals surface area contributed by atoms with E-state index in [1.165, 1.54) is 12.0 Å². The SMILES string of the molecule is COC(=O)[C@H](CC(C)C)NC(=O)CCC(=O)N(C)C. The summed E-state index contributed by atoms with van der Waals surface area (Å²) in [7, 11) is 4.56. The van der Waals surface area contributed by atoms with Gasteiger partial charge in [-0.15, -0.1) is 0 Å². The van der Waals surface area contributed by atoms with Gasteiger partial charge in [0.15, 0.2) is 0 Å². The second kappa shape index (κ2) is 8.50. The number of amides is 2. The molecule has 0 aromatic heterocycles. The predicted octanol–water partition coefficient (Wildman–Crippen LogP) is 0.559. The lowest BCUT2D eigenvalue weighted by molar-refractivity contribution is -0.145. The minimum absolute atomic E-state index is 0.0720. The summed E-state index contributed by atoms with van der Waals surface area (Å²) in [6, 6.07) is -0.646. The van der Waals surface area contributed by atoms with Crippen LogP contribution in [0.15, 0.2) is 0 Å². The van der Waals surface area contributed by atoms with E-state index in [2.05, 4.69) is 10.1 Å². The molecule has 0 spiro atoms. The molecule has 0 saturated heterocycles. The first-order valence-corrected chi connectivity index (χ1v) is 6.35. The Hall–Kier alpha value is -1.59. The van der Waals surface area contributed by atoms with Gasteiger partial charge in [-0.3, -0.25) is 9.59 Å². The maximum atomic E-state index is 11.7. The van der Waals surface area contributed by atoms with Gasteiger partial charge in [0, 0.05) is 26.9 Å². The van der Waals surface area contributed by atoms with Crippen LogP contribution >= 0.6 is 0 Å². The van der Waals surface area contributed by atoms with Crippen molar-refractivity contribution < 1.29 is 19.1 Å². The summed E-state index contributed by atoms with van der Waals surface area (Å²) in [4.78, 5) is 36.0. The van der Waals surface area contributed by atoms with Crippen molar-refractivity contribution in [2.75, 3.05) is 21.2 Å². The van der Waals surface area contributed by atoms with Crippen LogP contribution in [0.25, 0.3) is 0 Å². The van der Waals surface area contributed by atoms with E-state index in [0.717, 1.165) is 0 Å². The number of rotatable bonds is 7. The number of nitrogens with one attached hydrogen (secondary N) is 1. The lowest BCUT2D eigenvalue weighted by Gasteiger charge is -2.18. The van der Waals surface area contributed by atoms with Gasteiger partial charge in [-0.25, -0.2) is 4.79 Å². The monoisotopic (exact) mass is 272 g/mol. The van der Waals surface area contributed by atoms with Gasteiger partial charge in [-0.05, 0) is 12.3 Å². The molecule has 0 aliphatic heterocycles. The molecule has 0 aliphatic rings. The molecule has 0 rings (SSSR count). The van der Waals surface area contributed by atoms with Crippen molar-refractivity contribution >= 4 is 17.8 Å². The molecule has 0 saturated carbocycles. The third-order valence-corrected chi connectivity index (χ3v) is 2.59. The summed E-state index contributed by atoms with van der Waals surface area (Å²) in [5, 5.41) is 2.61. The number of methoxy groups -OCH3 is 1. The van der Waals surface area contributed by atoms with Crippen molar-refractivity contribution in [3.05, 3.63) is 0 Å². The third kappa shape index (κ3) is 7.43. The fourth-order valence-electron chi connectivity index (χ4n) is 1.54. The number of carbonyl (C=O) groups is 3. The van der Waals surface area contributed by atoms with Gasteiger partial charge in [0.1, 0.15) is 6.04 Å². The summed E-state index contributed by atoms with van der Waals surface area (Å²) in [5.41, 5.74) is 0. The van der Waals surface area contributed by atoms with E-state index in [4.69, 9.17) is 0 Å². The van der Waals surface area contributed by atoms with Gasteiger partial charge in [0.2, 0.25) is 11.8 Å². The summed E-state index contributed by atoms with van der Waals surface area (Å²) in [5.74, 6) is -0.631. The Morgan fingerprint density at radius 2 is 1.74 bits per heavy atom. The van der Waals surface area contributed by atoms with E-state index in [1.54, 1.807) is 14.1 Å². The molecule has 0 heterocycles. The van der Waals surface area contributed by atoms with Crippen LogP contribution in [0.5, 0.6) is 0 Å². The normalized spacial score (nSPS) is 11.9. The molecular weight excluding hydrogens is 248 g/mol. The molecule has 6 nitrogen and oxygen atoms in total. The predicted molar refractivity (Wildman–Crippen MR) is 71.3 cm³/mol. The van der Waals surface area contributed by atoms with Crippen LogP contribution in [0.3, 0.4) is 0 Å². The van der Waals surface area contributed by atoms with Gasteiger partial charge < -0.3 is 15.0 Å². The average molecular weight is 272 g/mol. The first-order chi connectivity index (χ1) is 8.77. The maximum absolute atomic E-state index is 11.7. The Morgan fingerprint density at radius 1 is 1.16 bits per heavy atom. The number of carbonyl (C=O) groups excluding carboxylic acids is 3. The molecule has 0 aliphatic carbocycles. The second-order valence-electron chi connectivity index (χ2n) is 5.06. The van der Waals surface area contributed by atoms with Gasteiger partial charge >= 0.3 is 5.97 Å². The molecule has 1 N–H and O–H groups in total. The van der Waals surface area contributed by atoms with Crippen molar-refractivity contribution in [1.29, 1.82) is 0 Å². The standard InChI is InChI=1S/C13H24N2O4/c1-9(2)8-10(13(18)19-5)14-11(16)6-7-12(17)15(3)4/h9-10H,6-8H2,1-5H3,(H,14,16)/t10-/m0/s1. The zero-order valence-electron chi connectivity index (χ0n) is 12.4. The quantitative estimate of drug-likeness (QED) is 0.687. The molecule has 0 radical (unpaired) electrons. The molecule has 2 amide bonds. The molecule has 1 atom stereocenters. The Balaban J connectivity index is 4.31. The minimum Gasteiger partial charge on any atom is -0.467 e. The summed E-state index contributed by atoms with van der Waals surface area (Å²) >= 11 is 0. The Bertz CT molecular complexity index is 327. The van der Waals surface area contributed by atoms with E-state index < -0.39 is 12.0 Å². The Morgan fingerprint density at radius 3 is 2.16 bits per heavy atom. The van der Waals surface area contributed by atoms with Crippen molar-refractivity contribution in [1.82, 2.24) is 10.2 Å². The van der Waals surface area contributed by atoms with Crippen molar-refractivity contribution in [3.63, 3.8) is 0 Å². The molecular formula is C13H24N2O4. The van der Waals surface area contributed by atoms with E-state index in [0.29, 0.717) is 6.42 Å². The van der Waals surface area contributed by atoms with Crippen LogP contribution < -0.4 is 5.32 Å². The molecule has 110 valence electrons. The lowest BCUT2D eigenvalue weighted by atomic mass is 10.0. The fraction of sp³-hybridized carbons (Fsp3) is 0.769. The highest BCUT2D eigenvalue weighted by Crippen LogP contribution is 2.07. The Labute approximate surface area is 114 Å². The number of esters is 1. The zero-order valence-corrected chi connectivity index (χ0v) is 12.4. The average Bonchev–Trinajstić information content (AvgIpc) is 2.33. The van der Waals surface area contributed by atoms with Gasteiger partial charge in [-0.1, -0.05) is 13.8 Å². The molecule has 19 heavy (non-hydrogen) atoms. The van der Waals surface area contributed by atoms with Crippen molar-refractivity contribution in [3.8, 4) is 0 Å². The zero-order chi connectivity index (χ0) is 15.0. The van der Waals surface area contributed by atoms with Crippen LogP contribution in [-0.4, -0.2) is 49.9 Å². The first kappa shape index (κ1) is 17.4. The molecule has 0 aromatic rings. The van der Waals surface area contributed by atoms with E-state index in [-0.39, 0.29) is 30.6 Å². The number of ether oxygens (including phenoxy) is 1. The highest BCUT2D eigenvalue weighted by Gasteiger charge is 2.22. The highest BCUT2D eigenvalue weighted by atomic mass is 16.5.